The lowest BCUT2D eigenvalue weighted by Crippen LogP contribution is -2.20. The molecule has 0 aliphatic heterocycles. The maximum atomic E-state index is 12.3. The van der Waals surface area contributed by atoms with Crippen LogP contribution in [0.15, 0.2) is 24.3 Å². The molecular formula is C22H35N3O2. The summed E-state index contributed by atoms with van der Waals surface area (Å²) in [5.74, 6) is -0.195. The van der Waals surface area contributed by atoms with Crippen LogP contribution in [0.1, 0.15) is 95.2 Å². The first-order valence-corrected chi connectivity index (χ1v) is 10.7. The van der Waals surface area contributed by atoms with Crippen molar-refractivity contribution < 1.29 is 9.90 Å². The smallest absolute Gasteiger partial charge is 0.251 e. The van der Waals surface area contributed by atoms with E-state index in [4.69, 9.17) is 0 Å². The standard InChI is InChI=1S/C22H35N3O2/c1-2-3-4-5-6-7-8-9-10-11-12-15-19(26)18-22(27)25-21-17-14-13-16-20(21)23-24-25/h13-14,16-17,19,26H,2-12,15,18H2,1H3/t19-/m0/s1. The highest BCUT2D eigenvalue weighted by atomic mass is 16.3. The topological polar surface area (TPSA) is 68.0 Å². The van der Waals surface area contributed by atoms with Crippen molar-refractivity contribution in [3.63, 3.8) is 0 Å². The van der Waals surface area contributed by atoms with Crippen molar-refractivity contribution in [3.05, 3.63) is 24.3 Å². The van der Waals surface area contributed by atoms with Gasteiger partial charge >= 0.3 is 0 Å². The molecule has 0 amide bonds. The Morgan fingerprint density at radius 1 is 0.963 bits per heavy atom. The zero-order valence-corrected chi connectivity index (χ0v) is 16.8. The van der Waals surface area contributed by atoms with Gasteiger partial charge in [0.05, 0.1) is 18.0 Å². The number of aliphatic hydroxyl groups is 1. The third-order valence-electron chi connectivity index (χ3n) is 5.14. The molecule has 0 spiro atoms. The Hall–Kier alpha value is -1.75. The molecule has 5 nitrogen and oxygen atoms in total. The van der Waals surface area contributed by atoms with Gasteiger partial charge in [0.15, 0.2) is 0 Å². The molecule has 1 aromatic heterocycles. The van der Waals surface area contributed by atoms with Crippen molar-refractivity contribution in [2.24, 2.45) is 0 Å². The monoisotopic (exact) mass is 373 g/mol. The number of aromatic nitrogens is 3. The molecule has 1 atom stereocenters. The lowest BCUT2D eigenvalue weighted by Gasteiger charge is -2.09. The third-order valence-corrected chi connectivity index (χ3v) is 5.14. The van der Waals surface area contributed by atoms with Gasteiger partial charge in [0, 0.05) is 0 Å². The molecule has 2 aromatic rings. The van der Waals surface area contributed by atoms with Gasteiger partial charge in [-0.1, -0.05) is 94.9 Å². The number of nitrogens with zero attached hydrogens (tertiary/aromatic N) is 3. The average Bonchev–Trinajstić information content (AvgIpc) is 3.10. The predicted molar refractivity (Wildman–Crippen MR) is 110 cm³/mol. The second-order valence-electron chi connectivity index (χ2n) is 7.57. The van der Waals surface area contributed by atoms with Crippen molar-refractivity contribution in [2.75, 3.05) is 0 Å². The zero-order valence-electron chi connectivity index (χ0n) is 16.8. The van der Waals surface area contributed by atoms with Crippen molar-refractivity contribution in [3.8, 4) is 0 Å². The molecule has 1 N–H and O–H groups in total. The number of benzene rings is 1. The Bertz CT molecular complexity index is 668. The van der Waals surface area contributed by atoms with Crippen LogP contribution < -0.4 is 0 Å². The lowest BCUT2D eigenvalue weighted by molar-refractivity contribution is 0.0771. The van der Waals surface area contributed by atoms with E-state index in [1.165, 1.54) is 62.5 Å². The molecule has 0 aliphatic rings. The van der Waals surface area contributed by atoms with E-state index in [1.807, 2.05) is 24.3 Å². The highest BCUT2D eigenvalue weighted by Gasteiger charge is 2.16. The summed E-state index contributed by atoms with van der Waals surface area (Å²) in [7, 11) is 0. The Morgan fingerprint density at radius 2 is 1.56 bits per heavy atom. The second-order valence-corrected chi connectivity index (χ2v) is 7.57. The summed E-state index contributed by atoms with van der Waals surface area (Å²) in [6.07, 6.45) is 14.3. The molecule has 5 heteroatoms. The van der Waals surface area contributed by atoms with Gasteiger partial charge in [-0.25, -0.2) is 0 Å². The molecule has 0 saturated carbocycles. The van der Waals surface area contributed by atoms with Crippen molar-refractivity contribution in [2.45, 2.75) is 96.5 Å². The molecule has 0 unspecified atom stereocenters. The van der Waals surface area contributed by atoms with Gasteiger partial charge in [-0.15, -0.1) is 5.10 Å². The maximum Gasteiger partial charge on any atom is 0.251 e. The molecule has 150 valence electrons. The number of hydrogen-bond acceptors (Lipinski definition) is 4. The summed E-state index contributed by atoms with van der Waals surface area (Å²) in [6.45, 7) is 2.25. The normalized spacial score (nSPS) is 12.5. The molecule has 0 aliphatic carbocycles. The highest BCUT2D eigenvalue weighted by Crippen LogP contribution is 2.15. The van der Waals surface area contributed by atoms with Crippen LogP contribution in [0, 0.1) is 0 Å². The Kier molecular flexibility index (Phi) is 10.1. The van der Waals surface area contributed by atoms with Crippen LogP contribution in [0.3, 0.4) is 0 Å². The summed E-state index contributed by atoms with van der Waals surface area (Å²) < 4.78 is 1.30. The molecule has 27 heavy (non-hydrogen) atoms. The summed E-state index contributed by atoms with van der Waals surface area (Å²) >= 11 is 0. The third kappa shape index (κ3) is 7.79. The quantitative estimate of drug-likeness (QED) is 0.442. The zero-order chi connectivity index (χ0) is 19.3. The lowest BCUT2D eigenvalue weighted by atomic mass is 10.0. The Labute approximate surface area is 163 Å². The minimum atomic E-state index is -0.598. The fourth-order valence-electron chi connectivity index (χ4n) is 3.49. The van der Waals surface area contributed by atoms with Crippen molar-refractivity contribution in [1.82, 2.24) is 15.0 Å². The summed E-state index contributed by atoms with van der Waals surface area (Å²) in [5, 5.41) is 18.1. The largest absolute Gasteiger partial charge is 0.393 e. The SMILES string of the molecule is CCCCCCCCCCCCC[C@H](O)CC(=O)n1nnc2ccccc21. The predicted octanol–water partition coefficient (Wildman–Crippen LogP) is 5.52. The van der Waals surface area contributed by atoms with E-state index in [0.29, 0.717) is 17.5 Å². The molecule has 0 saturated heterocycles. The number of rotatable bonds is 14. The van der Waals surface area contributed by atoms with E-state index in [2.05, 4.69) is 17.2 Å². The average molecular weight is 374 g/mol. The first-order chi connectivity index (χ1) is 13.2. The number of unbranched alkanes of at least 4 members (excludes halogenated alkanes) is 10. The van der Waals surface area contributed by atoms with E-state index in [-0.39, 0.29) is 12.3 Å². The van der Waals surface area contributed by atoms with E-state index >= 15 is 0 Å². The van der Waals surface area contributed by atoms with Crippen LogP contribution in [0.25, 0.3) is 11.0 Å². The van der Waals surface area contributed by atoms with Crippen LogP contribution in [-0.2, 0) is 0 Å². The van der Waals surface area contributed by atoms with Gasteiger partial charge < -0.3 is 5.11 Å². The molecule has 2 rings (SSSR count). The maximum absolute atomic E-state index is 12.3. The fourth-order valence-corrected chi connectivity index (χ4v) is 3.49. The molecule has 0 bridgehead atoms. The van der Waals surface area contributed by atoms with E-state index in [1.54, 1.807) is 0 Å². The van der Waals surface area contributed by atoms with Crippen LogP contribution in [0.5, 0.6) is 0 Å². The van der Waals surface area contributed by atoms with E-state index in [0.717, 1.165) is 12.8 Å². The van der Waals surface area contributed by atoms with Crippen molar-refractivity contribution >= 4 is 16.9 Å². The molecule has 0 radical (unpaired) electrons. The van der Waals surface area contributed by atoms with Gasteiger partial charge in [0.1, 0.15) is 5.52 Å². The minimum absolute atomic E-state index is 0.102. The van der Waals surface area contributed by atoms with Crippen molar-refractivity contribution in [1.29, 1.82) is 0 Å². The van der Waals surface area contributed by atoms with Gasteiger partial charge in [-0.3, -0.25) is 4.79 Å². The number of aliphatic hydroxyl groups excluding tert-OH is 1. The molecular weight excluding hydrogens is 338 g/mol. The number of para-hydroxylation sites is 1. The first-order valence-electron chi connectivity index (χ1n) is 10.7. The molecule has 1 aromatic carbocycles. The minimum Gasteiger partial charge on any atom is -0.393 e. The van der Waals surface area contributed by atoms with Crippen LogP contribution in [-0.4, -0.2) is 32.1 Å². The van der Waals surface area contributed by atoms with Crippen LogP contribution in [0.2, 0.25) is 0 Å². The van der Waals surface area contributed by atoms with Gasteiger partial charge in [-0.05, 0) is 18.6 Å². The number of carbonyl (C=O) groups excluding carboxylic acids is 1. The molecule has 0 fully saturated rings. The Balaban J connectivity index is 1.52. The van der Waals surface area contributed by atoms with Gasteiger partial charge in [-0.2, -0.15) is 4.68 Å². The second kappa shape index (κ2) is 12.6. The molecule has 1 heterocycles. The summed E-state index contributed by atoms with van der Waals surface area (Å²) in [5.41, 5.74) is 1.40. The van der Waals surface area contributed by atoms with Gasteiger partial charge in [0.2, 0.25) is 0 Å². The fraction of sp³-hybridized carbons (Fsp3) is 0.682. The first kappa shape index (κ1) is 21.5. The van der Waals surface area contributed by atoms with E-state index in [9.17, 15) is 9.90 Å². The number of hydrogen-bond donors (Lipinski definition) is 1. The summed E-state index contributed by atoms with van der Waals surface area (Å²) in [4.78, 5) is 12.3. The Morgan fingerprint density at radius 3 is 2.22 bits per heavy atom. The van der Waals surface area contributed by atoms with Gasteiger partial charge in [0.25, 0.3) is 5.91 Å². The van der Waals surface area contributed by atoms with Crippen LogP contribution in [0.4, 0.5) is 0 Å². The van der Waals surface area contributed by atoms with E-state index < -0.39 is 6.10 Å². The summed E-state index contributed by atoms with van der Waals surface area (Å²) in [6, 6.07) is 7.38. The number of carbonyl (C=O) groups is 1. The number of fused-ring (bicyclic) bond motifs is 1. The highest BCUT2D eigenvalue weighted by molar-refractivity contribution is 5.88. The van der Waals surface area contributed by atoms with Crippen LogP contribution >= 0.6 is 0 Å².